The predicted molar refractivity (Wildman–Crippen MR) is 438 cm³/mol. The number of nitrogens with one attached hydrogen (secondary N) is 15. The molecule has 45 nitrogen and oxygen atoms in total. The summed E-state index contributed by atoms with van der Waals surface area (Å²) in [5, 5.41) is 41.5. The zero-order chi connectivity index (χ0) is 86.2. The summed E-state index contributed by atoms with van der Waals surface area (Å²) in [6.45, 7) is 8.93. The fourth-order valence-electron chi connectivity index (χ4n) is 10.9. The molecule has 0 rings (SSSR count). The van der Waals surface area contributed by atoms with Crippen LogP contribution in [0.15, 0.2) is 0 Å². The fraction of sp³-hybridized carbons (Fsp3) is 0.789. The molecule has 0 spiro atoms. The van der Waals surface area contributed by atoms with Gasteiger partial charge in [0.25, 0.3) is 0 Å². The fourth-order valence-corrected chi connectivity index (χ4v) is 10.9. The number of carbonyl (C=O) groups is 15. The van der Waals surface area contributed by atoms with Gasteiger partial charge in [-0.15, -0.1) is 0 Å². The smallest absolute Gasteiger partial charge is 0.235 e. The lowest BCUT2D eigenvalue weighted by atomic mass is 10.2. The van der Waals surface area contributed by atoms with Crippen LogP contribution >= 0.6 is 0 Å². The van der Waals surface area contributed by atoms with E-state index in [2.05, 4.69) is 79.8 Å². The average Bonchev–Trinajstić information content (AvgIpc) is 0.920. The first kappa shape index (κ1) is 107. The molecular formula is C71H144N30O15. The molecule has 668 valence electrons. The summed E-state index contributed by atoms with van der Waals surface area (Å²) in [7, 11) is 0. The molecule has 0 fully saturated rings. The summed E-state index contributed by atoms with van der Waals surface area (Å²) in [6, 6.07) is 0. The molecular weight excluding hydrogens is 1510 g/mol. The Kier molecular flexibility index (Phi) is 67.5. The van der Waals surface area contributed by atoms with Crippen molar-refractivity contribution in [2.45, 2.75) is 96.8 Å². The number of hydrogen-bond acceptors (Lipinski definition) is 30. The van der Waals surface area contributed by atoms with Crippen LogP contribution in [0.3, 0.4) is 0 Å². The van der Waals surface area contributed by atoms with Crippen molar-refractivity contribution in [1.29, 1.82) is 0 Å². The number of nitrogens with two attached hydrogens (primary N) is 8. The van der Waals surface area contributed by atoms with E-state index in [1.807, 2.05) is 31.4 Å². The predicted octanol–water partition coefficient (Wildman–Crippen LogP) is -13.1. The second-order valence-electron chi connectivity index (χ2n) is 27.1. The molecule has 0 aromatic rings. The molecule has 0 unspecified atom stereocenters. The maximum atomic E-state index is 14.0. The van der Waals surface area contributed by atoms with Crippen LogP contribution in [0.4, 0.5) is 0 Å². The van der Waals surface area contributed by atoms with E-state index in [9.17, 15) is 71.9 Å². The molecule has 116 heavy (non-hydrogen) atoms. The lowest BCUT2D eigenvalue weighted by Gasteiger charge is -2.26. The van der Waals surface area contributed by atoms with Crippen molar-refractivity contribution in [2.24, 2.45) is 45.9 Å². The van der Waals surface area contributed by atoms with Crippen molar-refractivity contribution >= 4 is 88.6 Å². The number of hydrogen-bond donors (Lipinski definition) is 23. The molecule has 0 aliphatic carbocycles. The normalized spacial score (nSPS) is 11.2. The summed E-state index contributed by atoms with van der Waals surface area (Å²) in [5.41, 5.74) is 44.3. The maximum Gasteiger partial charge on any atom is 0.235 e. The molecule has 0 bridgehead atoms. The monoisotopic (exact) mass is 1660 g/mol. The molecule has 15 amide bonds. The molecule has 0 saturated heterocycles. The van der Waals surface area contributed by atoms with E-state index in [1.165, 1.54) is 4.90 Å². The third-order valence-corrected chi connectivity index (χ3v) is 17.4. The summed E-state index contributed by atoms with van der Waals surface area (Å²) in [4.78, 5) is 207. The minimum absolute atomic E-state index is 0.000542. The first-order valence-corrected chi connectivity index (χ1v) is 40.5. The van der Waals surface area contributed by atoms with E-state index in [-0.39, 0.29) is 344 Å². The van der Waals surface area contributed by atoms with Crippen LogP contribution in [-0.4, -0.2) is 392 Å². The molecule has 0 radical (unpaired) electrons. The van der Waals surface area contributed by atoms with E-state index in [0.717, 1.165) is 0 Å². The Labute approximate surface area is 683 Å². The van der Waals surface area contributed by atoms with Gasteiger partial charge >= 0.3 is 0 Å². The maximum absolute atomic E-state index is 14.0. The number of amides is 15. The molecule has 31 N–H and O–H groups in total. The Bertz CT molecular complexity index is 2660. The van der Waals surface area contributed by atoms with Gasteiger partial charge in [-0.1, -0.05) is 6.92 Å². The van der Waals surface area contributed by atoms with Gasteiger partial charge in [0.15, 0.2) is 0 Å². The third kappa shape index (κ3) is 64.6. The Morgan fingerprint density at radius 3 is 0.552 bits per heavy atom. The Hall–Kier alpha value is -8.55. The van der Waals surface area contributed by atoms with E-state index >= 15 is 0 Å². The first-order chi connectivity index (χ1) is 55.8. The van der Waals surface area contributed by atoms with Crippen LogP contribution in [0.25, 0.3) is 0 Å². The minimum Gasteiger partial charge on any atom is -0.355 e. The highest BCUT2D eigenvalue weighted by Crippen LogP contribution is 2.04. The van der Waals surface area contributed by atoms with Gasteiger partial charge in [-0.2, -0.15) is 0 Å². The van der Waals surface area contributed by atoms with Crippen molar-refractivity contribution in [1.82, 2.24) is 114 Å². The zero-order valence-electron chi connectivity index (χ0n) is 68.8. The van der Waals surface area contributed by atoms with Gasteiger partial charge in [0.2, 0.25) is 88.6 Å². The van der Waals surface area contributed by atoms with E-state index in [4.69, 9.17) is 45.9 Å². The van der Waals surface area contributed by atoms with Crippen LogP contribution in [0.5, 0.6) is 0 Å². The summed E-state index contributed by atoms with van der Waals surface area (Å²) < 4.78 is 0. The highest BCUT2D eigenvalue weighted by Gasteiger charge is 2.22. The highest BCUT2D eigenvalue weighted by molar-refractivity contribution is 5.83. The average molecular weight is 1660 g/mol. The first-order valence-electron chi connectivity index (χ1n) is 40.5. The quantitative estimate of drug-likeness (QED) is 0.0251. The van der Waals surface area contributed by atoms with Gasteiger partial charge in [0, 0.05) is 319 Å². The molecule has 0 atom stereocenters. The number of rotatable bonds is 76. The van der Waals surface area contributed by atoms with Crippen LogP contribution in [-0.2, 0) is 71.9 Å². The molecule has 45 heteroatoms. The van der Waals surface area contributed by atoms with Gasteiger partial charge in [-0.25, -0.2) is 0 Å². The lowest BCUT2D eigenvalue weighted by Crippen LogP contribution is -2.50. The highest BCUT2D eigenvalue weighted by atomic mass is 16.2. The molecule has 0 aliphatic rings. The van der Waals surface area contributed by atoms with Crippen molar-refractivity contribution in [3.63, 3.8) is 0 Å². The molecule has 0 saturated carbocycles. The minimum atomic E-state index is -0.594. The standard InChI is InChI=1S/C71H144N30O15/c1-2-3-57(102)93-56-101(52-70(115)91-34-51-98(43-12-66(111)88-31-50-99(44-13-69(114)92-54-79)41-10-64(109)86-29-22-78)42-11-65(110)87-30-47-95(35-4-58(103)80-23-16-72)36-5-59(104)81-24-17-73)53-71(116)94-55-100(45-14-67(112)89-32-48-96(37-6-60(105)82-25-18-74)38-7-61(106)83-26-19-75)46-15-68(113)90-33-49-97(39-8-62(107)84-27-20-76)40-9-63(108)85-28-21-77/h2-56,72-79H2,1H3,(H,80,103)(H,81,104)(H,82,105)(H,83,106)(H,84,107)(H,85,108)(H,86,109)(H,87,110)(H,88,111)(H,89,112)(H,90,113)(H,91,115)(H,92,114)(H,93,102)(H,94,116). The van der Waals surface area contributed by atoms with Gasteiger partial charge < -0.3 is 150 Å². The topological polar surface area (TPSA) is 667 Å². The van der Waals surface area contributed by atoms with E-state index in [0.29, 0.717) is 78.4 Å². The number of carbonyl (C=O) groups excluding carboxylic acids is 15. The van der Waals surface area contributed by atoms with Crippen molar-refractivity contribution in [2.75, 3.05) is 269 Å². The van der Waals surface area contributed by atoms with Crippen LogP contribution < -0.4 is 126 Å². The third-order valence-electron chi connectivity index (χ3n) is 17.4. The lowest BCUT2D eigenvalue weighted by molar-refractivity contribution is -0.128. The van der Waals surface area contributed by atoms with E-state index < -0.39 is 24.9 Å². The SMILES string of the molecule is CCCC(=O)NCN(CC(=O)NCCN(CCC(=O)NCCN(CCC(=O)NCN)CCC(=O)NCCN)CCC(=O)NCCN(CCC(=O)NCCN)CCC(=O)NCCN)CC(=O)NCN(CCC(=O)NCCN(CCC(=O)NCCN)CCC(=O)NCCN)CCC(=O)NCCN(CCC(=O)NCCN)CCC(=O)NCCN. The van der Waals surface area contributed by atoms with E-state index in [1.54, 1.807) is 4.90 Å². The van der Waals surface area contributed by atoms with Gasteiger partial charge in [-0.3, -0.25) is 81.7 Å². The van der Waals surface area contributed by atoms with Crippen molar-refractivity contribution in [3.8, 4) is 0 Å². The second kappa shape index (κ2) is 72.9. The van der Waals surface area contributed by atoms with Crippen molar-refractivity contribution < 1.29 is 71.9 Å². The number of nitrogens with zero attached hydrogens (tertiary/aromatic N) is 7. The second-order valence-corrected chi connectivity index (χ2v) is 27.1. The molecule has 0 heterocycles. The summed E-state index contributed by atoms with van der Waals surface area (Å²) >= 11 is 0. The van der Waals surface area contributed by atoms with Gasteiger partial charge in [-0.05, 0) is 6.42 Å². The van der Waals surface area contributed by atoms with Gasteiger partial charge in [0.1, 0.15) is 0 Å². The molecule has 0 aromatic carbocycles. The Morgan fingerprint density at radius 1 is 0.181 bits per heavy atom. The molecule has 0 aromatic heterocycles. The van der Waals surface area contributed by atoms with Crippen molar-refractivity contribution in [3.05, 3.63) is 0 Å². The van der Waals surface area contributed by atoms with Crippen LogP contribution in [0, 0.1) is 0 Å². The van der Waals surface area contributed by atoms with Gasteiger partial charge in [0.05, 0.1) is 33.1 Å². The Morgan fingerprint density at radius 2 is 0.345 bits per heavy atom. The van der Waals surface area contributed by atoms with Crippen LogP contribution in [0.1, 0.15) is 96.8 Å². The summed E-state index contributed by atoms with van der Waals surface area (Å²) in [6.07, 6.45) is 1.30. The van der Waals surface area contributed by atoms with Crippen LogP contribution in [0.2, 0.25) is 0 Å². The molecule has 0 aliphatic heterocycles. The zero-order valence-corrected chi connectivity index (χ0v) is 68.8. The largest absolute Gasteiger partial charge is 0.355 e. The Balaban J connectivity index is 6.75. The summed E-state index contributed by atoms with van der Waals surface area (Å²) in [5.74, 6) is -4.83.